The Morgan fingerprint density at radius 3 is 2.75 bits per heavy atom. The lowest BCUT2D eigenvalue weighted by molar-refractivity contribution is -0.0585. The number of aliphatic hydroxyl groups is 1. The van der Waals surface area contributed by atoms with Crippen LogP contribution < -0.4 is 5.32 Å². The lowest BCUT2D eigenvalue weighted by Gasteiger charge is -2.44. The Balaban J connectivity index is 1.72. The zero-order chi connectivity index (χ0) is 11.2. The van der Waals surface area contributed by atoms with Crippen LogP contribution >= 0.6 is 0 Å². The van der Waals surface area contributed by atoms with Gasteiger partial charge in [0, 0.05) is 6.04 Å². The summed E-state index contributed by atoms with van der Waals surface area (Å²) in [5, 5.41) is 14.6. The van der Waals surface area contributed by atoms with E-state index in [4.69, 9.17) is 0 Å². The van der Waals surface area contributed by atoms with Crippen LogP contribution in [0.5, 0.6) is 0 Å². The summed E-state index contributed by atoms with van der Waals surface area (Å²) in [6.45, 7) is 3.40. The third-order valence-corrected chi connectivity index (χ3v) is 5.56. The summed E-state index contributed by atoms with van der Waals surface area (Å²) in [4.78, 5) is 0. The van der Waals surface area contributed by atoms with Gasteiger partial charge in [0.25, 0.3) is 0 Å². The quantitative estimate of drug-likeness (QED) is 0.753. The molecule has 3 fully saturated rings. The van der Waals surface area contributed by atoms with Crippen molar-refractivity contribution in [1.82, 2.24) is 5.32 Å². The molecular weight excluding hydrogens is 198 g/mol. The van der Waals surface area contributed by atoms with E-state index in [1.807, 2.05) is 0 Å². The summed E-state index contributed by atoms with van der Waals surface area (Å²) in [7, 11) is 0. The molecular formula is C14H25NO. The van der Waals surface area contributed by atoms with E-state index >= 15 is 0 Å². The van der Waals surface area contributed by atoms with Crippen molar-refractivity contribution < 1.29 is 5.11 Å². The highest BCUT2D eigenvalue weighted by atomic mass is 16.3. The maximum Gasteiger partial charge on any atom is 0.0830 e. The summed E-state index contributed by atoms with van der Waals surface area (Å²) in [6, 6.07) is 0.390. The summed E-state index contributed by atoms with van der Waals surface area (Å²) < 4.78 is 0. The summed E-state index contributed by atoms with van der Waals surface area (Å²) >= 11 is 0. The SMILES string of the molecule is CCC1CCNC(C2(O)CC3CCC2C3)C1. The summed E-state index contributed by atoms with van der Waals surface area (Å²) in [6.07, 6.45) is 8.81. The Kier molecular flexibility index (Phi) is 2.75. The van der Waals surface area contributed by atoms with Crippen LogP contribution in [0.1, 0.15) is 51.9 Å². The Morgan fingerprint density at radius 1 is 1.25 bits per heavy atom. The van der Waals surface area contributed by atoms with Crippen molar-refractivity contribution >= 4 is 0 Å². The van der Waals surface area contributed by atoms with Crippen molar-refractivity contribution in [1.29, 1.82) is 0 Å². The smallest absolute Gasteiger partial charge is 0.0830 e. The van der Waals surface area contributed by atoms with Crippen molar-refractivity contribution in [3.05, 3.63) is 0 Å². The molecule has 2 nitrogen and oxygen atoms in total. The molecule has 2 saturated carbocycles. The minimum Gasteiger partial charge on any atom is -0.388 e. The second kappa shape index (κ2) is 3.99. The summed E-state index contributed by atoms with van der Waals surface area (Å²) in [5.74, 6) is 2.28. The van der Waals surface area contributed by atoms with E-state index < -0.39 is 0 Å². The predicted molar refractivity (Wildman–Crippen MR) is 65.2 cm³/mol. The number of nitrogens with one attached hydrogen (secondary N) is 1. The zero-order valence-electron chi connectivity index (χ0n) is 10.4. The first-order valence-corrected chi connectivity index (χ1v) is 7.18. The molecule has 2 N–H and O–H groups in total. The fraction of sp³-hybridized carbons (Fsp3) is 1.00. The first-order chi connectivity index (χ1) is 7.72. The molecule has 16 heavy (non-hydrogen) atoms. The maximum absolute atomic E-state index is 11.0. The largest absolute Gasteiger partial charge is 0.388 e. The zero-order valence-corrected chi connectivity index (χ0v) is 10.4. The van der Waals surface area contributed by atoms with Crippen molar-refractivity contribution in [2.45, 2.75) is 63.5 Å². The predicted octanol–water partition coefficient (Wildman–Crippen LogP) is 2.32. The van der Waals surface area contributed by atoms with Gasteiger partial charge in [-0.2, -0.15) is 0 Å². The van der Waals surface area contributed by atoms with Gasteiger partial charge in [0.2, 0.25) is 0 Å². The number of hydrogen-bond acceptors (Lipinski definition) is 2. The van der Waals surface area contributed by atoms with Crippen LogP contribution in [0.25, 0.3) is 0 Å². The first-order valence-electron chi connectivity index (χ1n) is 7.18. The summed E-state index contributed by atoms with van der Waals surface area (Å²) in [5.41, 5.74) is -0.350. The number of piperidine rings is 1. The van der Waals surface area contributed by atoms with E-state index in [-0.39, 0.29) is 5.60 Å². The van der Waals surface area contributed by atoms with Crippen LogP contribution in [0.15, 0.2) is 0 Å². The molecule has 3 aliphatic rings. The molecule has 2 heteroatoms. The molecule has 0 radical (unpaired) electrons. The minimum atomic E-state index is -0.350. The second-order valence-electron chi connectivity index (χ2n) is 6.38. The molecule has 2 aliphatic carbocycles. The number of hydrogen-bond donors (Lipinski definition) is 2. The highest BCUT2D eigenvalue weighted by Crippen LogP contribution is 2.53. The lowest BCUT2D eigenvalue weighted by atomic mass is 9.73. The third kappa shape index (κ3) is 1.62. The fourth-order valence-electron chi connectivity index (χ4n) is 4.52. The van der Waals surface area contributed by atoms with Gasteiger partial charge in [-0.15, -0.1) is 0 Å². The van der Waals surface area contributed by atoms with E-state index in [2.05, 4.69) is 12.2 Å². The third-order valence-electron chi connectivity index (χ3n) is 5.56. The number of fused-ring (bicyclic) bond motifs is 2. The molecule has 1 saturated heterocycles. The Morgan fingerprint density at radius 2 is 2.12 bits per heavy atom. The first kappa shape index (κ1) is 11.0. The molecule has 0 aromatic rings. The van der Waals surface area contributed by atoms with E-state index in [0.29, 0.717) is 12.0 Å². The number of rotatable bonds is 2. The van der Waals surface area contributed by atoms with Gasteiger partial charge in [-0.05, 0) is 62.8 Å². The van der Waals surface area contributed by atoms with Gasteiger partial charge >= 0.3 is 0 Å². The van der Waals surface area contributed by atoms with Crippen molar-refractivity contribution in [3.63, 3.8) is 0 Å². The van der Waals surface area contributed by atoms with Crippen LogP contribution in [0.3, 0.4) is 0 Å². The van der Waals surface area contributed by atoms with Gasteiger partial charge < -0.3 is 10.4 Å². The maximum atomic E-state index is 11.0. The molecule has 0 aromatic carbocycles. The van der Waals surface area contributed by atoms with Crippen molar-refractivity contribution in [2.75, 3.05) is 6.54 Å². The van der Waals surface area contributed by atoms with Crippen molar-refractivity contribution in [2.24, 2.45) is 17.8 Å². The van der Waals surface area contributed by atoms with Gasteiger partial charge in [0.05, 0.1) is 5.60 Å². The van der Waals surface area contributed by atoms with Crippen LogP contribution in [0.2, 0.25) is 0 Å². The topological polar surface area (TPSA) is 32.3 Å². The highest BCUT2D eigenvalue weighted by Gasteiger charge is 2.54. The molecule has 5 atom stereocenters. The van der Waals surface area contributed by atoms with Gasteiger partial charge in [-0.1, -0.05) is 13.3 Å². The van der Waals surface area contributed by atoms with E-state index in [9.17, 15) is 5.11 Å². The fourth-order valence-corrected chi connectivity index (χ4v) is 4.52. The Labute approximate surface area is 98.8 Å². The molecule has 92 valence electrons. The average Bonchev–Trinajstić information content (AvgIpc) is 2.89. The van der Waals surface area contributed by atoms with E-state index in [1.54, 1.807) is 0 Å². The van der Waals surface area contributed by atoms with Gasteiger partial charge in [-0.3, -0.25) is 0 Å². The molecule has 2 bridgehead atoms. The molecule has 1 aliphatic heterocycles. The molecule has 1 heterocycles. The van der Waals surface area contributed by atoms with Gasteiger partial charge in [0.15, 0.2) is 0 Å². The molecule has 5 unspecified atom stereocenters. The van der Waals surface area contributed by atoms with E-state index in [0.717, 1.165) is 24.8 Å². The minimum absolute atomic E-state index is 0.350. The van der Waals surface area contributed by atoms with Crippen LogP contribution in [0.4, 0.5) is 0 Å². The Bertz CT molecular complexity index is 267. The second-order valence-corrected chi connectivity index (χ2v) is 6.38. The van der Waals surface area contributed by atoms with Crippen LogP contribution in [-0.4, -0.2) is 23.3 Å². The monoisotopic (exact) mass is 223 g/mol. The molecule has 0 aromatic heterocycles. The van der Waals surface area contributed by atoms with E-state index in [1.165, 1.54) is 38.5 Å². The molecule has 3 rings (SSSR count). The van der Waals surface area contributed by atoms with Gasteiger partial charge in [-0.25, -0.2) is 0 Å². The van der Waals surface area contributed by atoms with Crippen LogP contribution in [0, 0.1) is 17.8 Å². The average molecular weight is 223 g/mol. The Hall–Kier alpha value is -0.0800. The molecule has 0 amide bonds. The van der Waals surface area contributed by atoms with Crippen molar-refractivity contribution in [3.8, 4) is 0 Å². The highest BCUT2D eigenvalue weighted by molar-refractivity contribution is 5.08. The van der Waals surface area contributed by atoms with Crippen LogP contribution in [-0.2, 0) is 0 Å². The van der Waals surface area contributed by atoms with Gasteiger partial charge in [0.1, 0.15) is 0 Å². The molecule has 0 spiro atoms. The normalized spacial score (nSPS) is 52.1. The standard InChI is InChI=1S/C14H25NO/c1-2-10-5-6-15-13(8-10)14(16)9-11-3-4-12(14)7-11/h10-13,15-16H,2-9H2,1H3. The lowest BCUT2D eigenvalue weighted by Crippen LogP contribution is -2.57.